The summed E-state index contributed by atoms with van der Waals surface area (Å²) in [4.78, 5) is 23.2. The van der Waals surface area contributed by atoms with Gasteiger partial charge in [-0.1, -0.05) is 28.1 Å². The molecule has 2 rings (SSSR count). The number of nitrogens with zero attached hydrogens (tertiary/aromatic N) is 1. The van der Waals surface area contributed by atoms with Crippen molar-refractivity contribution in [2.45, 2.75) is 6.42 Å². The first kappa shape index (κ1) is 22.2. The molecule has 9 heteroatoms. The highest BCUT2D eigenvalue weighted by molar-refractivity contribution is 14.1. The van der Waals surface area contributed by atoms with E-state index in [2.05, 4.69) is 53.8 Å². The lowest BCUT2D eigenvalue weighted by Crippen LogP contribution is -2.19. The van der Waals surface area contributed by atoms with Gasteiger partial charge in [-0.25, -0.2) is 10.2 Å². The number of carbonyl (C=O) groups excluding carboxylic acids is 2. The molecule has 0 radical (unpaired) electrons. The van der Waals surface area contributed by atoms with E-state index in [0.717, 1.165) is 13.6 Å². The summed E-state index contributed by atoms with van der Waals surface area (Å²) >= 11 is 5.42. The molecule has 0 saturated carbocycles. The summed E-state index contributed by atoms with van der Waals surface area (Å²) in [6.45, 7) is -0.220. The van der Waals surface area contributed by atoms with E-state index in [1.165, 1.54) is 20.4 Å². The fourth-order valence-electron chi connectivity index (χ4n) is 2.15. The molecule has 0 atom stereocenters. The Kier molecular flexibility index (Phi) is 8.71. The smallest absolute Gasteiger partial charge is 0.343 e. The molecule has 0 fully saturated rings. The molecular formula is C19H18BrIN2O5. The van der Waals surface area contributed by atoms with E-state index >= 15 is 0 Å². The van der Waals surface area contributed by atoms with Crippen LogP contribution in [0, 0.1) is 3.57 Å². The minimum Gasteiger partial charge on any atom is -0.493 e. The van der Waals surface area contributed by atoms with Gasteiger partial charge in [0.25, 0.3) is 0 Å². The molecule has 0 unspecified atom stereocenters. The fraction of sp³-hybridized carbons (Fsp3) is 0.211. The second-order valence-corrected chi connectivity index (χ2v) is 7.57. The summed E-state index contributed by atoms with van der Waals surface area (Å²) in [5.74, 6) is 0.165. The van der Waals surface area contributed by atoms with E-state index in [0.29, 0.717) is 17.1 Å². The largest absolute Gasteiger partial charge is 0.493 e. The number of methoxy groups -OCH3 is 2. The number of amides is 1. The van der Waals surface area contributed by atoms with Crippen LogP contribution in [-0.2, 0) is 20.7 Å². The predicted octanol–water partition coefficient (Wildman–Crippen LogP) is 3.31. The lowest BCUT2D eigenvalue weighted by molar-refractivity contribution is -0.143. The molecule has 28 heavy (non-hydrogen) atoms. The second-order valence-electron chi connectivity index (χ2n) is 5.50. The van der Waals surface area contributed by atoms with Crippen molar-refractivity contribution in [3.05, 3.63) is 55.6 Å². The molecule has 0 spiro atoms. The van der Waals surface area contributed by atoms with Crippen LogP contribution < -0.4 is 14.9 Å². The second kappa shape index (κ2) is 11.0. The summed E-state index contributed by atoms with van der Waals surface area (Å²) < 4.78 is 17.0. The van der Waals surface area contributed by atoms with Gasteiger partial charge in [-0.05, 0) is 58.0 Å². The van der Waals surface area contributed by atoms with Crippen LogP contribution in [0.4, 0.5) is 0 Å². The molecule has 0 aliphatic rings. The maximum absolute atomic E-state index is 12.0. The SMILES string of the molecule is COC(=O)COc1c(I)cc(/C=N/NC(=O)Cc2ccc(Br)cc2)cc1OC. The number of hydrogen-bond acceptors (Lipinski definition) is 6. The van der Waals surface area contributed by atoms with E-state index in [9.17, 15) is 9.59 Å². The first-order valence-corrected chi connectivity index (χ1v) is 9.93. The molecule has 0 aromatic heterocycles. The summed E-state index contributed by atoms with van der Waals surface area (Å²) in [5, 5.41) is 3.98. The van der Waals surface area contributed by atoms with Gasteiger partial charge in [0.05, 0.1) is 30.4 Å². The van der Waals surface area contributed by atoms with E-state index in [-0.39, 0.29) is 18.9 Å². The van der Waals surface area contributed by atoms with E-state index < -0.39 is 5.97 Å². The van der Waals surface area contributed by atoms with E-state index in [1.54, 1.807) is 12.1 Å². The fourth-order valence-corrected chi connectivity index (χ4v) is 3.20. The first-order valence-electron chi connectivity index (χ1n) is 8.06. The van der Waals surface area contributed by atoms with Crippen LogP contribution in [0.3, 0.4) is 0 Å². The number of carbonyl (C=O) groups is 2. The molecule has 0 aliphatic heterocycles. The van der Waals surface area contributed by atoms with Crippen molar-refractivity contribution in [3.63, 3.8) is 0 Å². The zero-order valence-electron chi connectivity index (χ0n) is 15.2. The number of benzene rings is 2. The third kappa shape index (κ3) is 6.79. The van der Waals surface area contributed by atoms with E-state index in [4.69, 9.17) is 9.47 Å². The summed E-state index contributed by atoms with van der Waals surface area (Å²) in [6, 6.07) is 11.0. The van der Waals surface area contributed by atoms with Crippen LogP contribution in [0.1, 0.15) is 11.1 Å². The molecule has 0 bridgehead atoms. The number of hydrazone groups is 1. The Labute approximate surface area is 184 Å². The molecule has 7 nitrogen and oxygen atoms in total. The van der Waals surface area contributed by atoms with Gasteiger partial charge in [0.1, 0.15) is 0 Å². The standard InChI is InChI=1S/C19H18BrIN2O5/c1-26-16-8-13(7-15(21)19(16)28-11-18(25)27-2)10-22-23-17(24)9-12-3-5-14(20)6-4-12/h3-8,10H,9,11H2,1-2H3,(H,23,24)/b22-10+. The molecule has 148 valence electrons. The first-order chi connectivity index (χ1) is 13.4. The quantitative estimate of drug-likeness (QED) is 0.232. The Balaban J connectivity index is 2.00. The highest BCUT2D eigenvalue weighted by Crippen LogP contribution is 2.33. The lowest BCUT2D eigenvalue weighted by Gasteiger charge is -2.12. The average molecular weight is 561 g/mol. The Morgan fingerprint density at radius 2 is 1.93 bits per heavy atom. The summed E-state index contributed by atoms with van der Waals surface area (Å²) in [6.07, 6.45) is 1.74. The van der Waals surface area contributed by atoms with Gasteiger partial charge < -0.3 is 14.2 Å². The highest BCUT2D eigenvalue weighted by atomic mass is 127. The number of nitrogens with one attached hydrogen (secondary N) is 1. The van der Waals surface area contributed by atoms with Gasteiger partial charge in [0.2, 0.25) is 5.91 Å². The van der Waals surface area contributed by atoms with Crippen LogP contribution in [0.15, 0.2) is 46.0 Å². The zero-order chi connectivity index (χ0) is 20.5. The molecule has 0 heterocycles. The molecule has 1 N–H and O–H groups in total. The highest BCUT2D eigenvalue weighted by Gasteiger charge is 2.13. The van der Waals surface area contributed by atoms with Gasteiger partial charge in [0.15, 0.2) is 18.1 Å². The average Bonchev–Trinajstić information content (AvgIpc) is 2.68. The van der Waals surface area contributed by atoms with Crippen molar-refractivity contribution < 1.29 is 23.8 Å². The van der Waals surface area contributed by atoms with Crippen molar-refractivity contribution in [2.24, 2.45) is 5.10 Å². The van der Waals surface area contributed by atoms with Gasteiger partial charge in [-0.15, -0.1) is 0 Å². The van der Waals surface area contributed by atoms with Crippen molar-refractivity contribution >= 4 is 56.6 Å². The van der Waals surface area contributed by atoms with Crippen LogP contribution in [0.25, 0.3) is 0 Å². The normalized spacial score (nSPS) is 10.6. The third-order valence-electron chi connectivity index (χ3n) is 3.49. The Morgan fingerprint density at radius 3 is 2.57 bits per heavy atom. The van der Waals surface area contributed by atoms with Crippen LogP contribution in [0.5, 0.6) is 11.5 Å². The van der Waals surface area contributed by atoms with E-state index in [1.807, 2.05) is 24.3 Å². The monoisotopic (exact) mass is 560 g/mol. The summed E-state index contributed by atoms with van der Waals surface area (Å²) in [5.41, 5.74) is 4.09. The van der Waals surface area contributed by atoms with Gasteiger partial charge in [0, 0.05) is 4.47 Å². The third-order valence-corrected chi connectivity index (χ3v) is 4.82. The molecule has 2 aromatic carbocycles. The number of hydrogen-bond donors (Lipinski definition) is 1. The Hall–Kier alpha value is -2.14. The molecular weight excluding hydrogens is 543 g/mol. The maximum atomic E-state index is 12.0. The number of halogens is 2. The molecule has 0 aliphatic carbocycles. The van der Waals surface area contributed by atoms with Crippen LogP contribution in [0.2, 0.25) is 0 Å². The van der Waals surface area contributed by atoms with Crippen molar-refractivity contribution in [1.29, 1.82) is 0 Å². The zero-order valence-corrected chi connectivity index (χ0v) is 18.9. The van der Waals surface area contributed by atoms with Crippen molar-refractivity contribution in [2.75, 3.05) is 20.8 Å². The van der Waals surface area contributed by atoms with Crippen molar-refractivity contribution in [1.82, 2.24) is 5.43 Å². The minimum atomic E-state index is -0.489. The van der Waals surface area contributed by atoms with Gasteiger partial charge in [-0.3, -0.25) is 4.79 Å². The number of esters is 1. The lowest BCUT2D eigenvalue weighted by atomic mass is 10.1. The molecule has 2 aromatic rings. The maximum Gasteiger partial charge on any atom is 0.343 e. The predicted molar refractivity (Wildman–Crippen MR) is 117 cm³/mol. The van der Waals surface area contributed by atoms with Crippen molar-refractivity contribution in [3.8, 4) is 11.5 Å². The Bertz CT molecular complexity index is 871. The number of rotatable bonds is 8. The summed E-state index contributed by atoms with van der Waals surface area (Å²) in [7, 11) is 2.79. The molecule has 0 saturated heterocycles. The van der Waals surface area contributed by atoms with Crippen LogP contribution >= 0.6 is 38.5 Å². The molecule has 1 amide bonds. The van der Waals surface area contributed by atoms with Gasteiger partial charge >= 0.3 is 5.97 Å². The number of ether oxygens (including phenoxy) is 3. The topological polar surface area (TPSA) is 86.2 Å². The Morgan fingerprint density at radius 1 is 1.21 bits per heavy atom. The van der Waals surface area contributed by atoms with Crippen LogP contribution in [-0.4, -0.2) is 38.9 Å². The minimum absolute atomic E-state index is 0.220. The van der Waals surface area contributed by atoms with Gasteiger partial charge in [-0.2, -0.15) is 5.10 Å².